The molecule has 1 aromatic heterocycles. The molecule has 2 rings (SSSR count). The van der Waals surface area contributed by atoms with Crippen LogP contribution in [0.5, 0.6) is 0 Å². The molecule has 0 unspecified atom stereocenters. The van der Waals surface area contributed by atoms with Crippen molar-refractivity contribution in [1.29, 1.82) is 0 Å². The monoisotopic (exact) mass is 260 g/mol. The minimum absolute atomic E-state index is 0.179. The molecule has 0 radical (unpaired) electrons. The average Bonchev–Trinajstić information content (AvgIpc) is 2.81. The summed E-state index contributed by atoms with van der Waals surface area (Å²) in [5.41, 5.74) is 3.43. The number of nitrogens with one attached hydrogen (secondary N) is 1. The Balaban J connectivity index is 2.53. The average molecular weight is 260 g/mol. The summed E-state index contributed by atoms with van der Waals surface area (Å²) in [6.45, 7) is 1.42. The van der Waals surface area contributed by atoms with Gasteiger partial charge in [0.1, 0.15) is 5.69 Å². The maximum absolute atomic E-state index is 11.9. The molecular weight excluding hydrogens is 244 g/mol. The first-order valence-electron chi connectivity index (χ1n) is 5.82. The molecule has 6 heteroatoms. The van der Waals surface area contributed by atoms with E-state index in [1.54, 1.807) is 13.1 Å². The van der Waals surface area contributed by atoms with E-state index in [1.165, 1.54) is 11.6 Å². The minimum atomic E-state index is -0.241. The molecule has 0 atom stereocenters. The van der Waals surface area contributed by atoms with Crippen molar-refractivity contribution in [3.05, 3.63) is 45.6 Å². The molecule has 0 saturated heterocycles. The topological polar surface area (TPSA) is 61.3 Å². The van der Waals surface area contributed by atoms with Crippen LogP contribution < -0.4 is 5.56 Å². The maximum atomic E-state index is 11.9. The van der Waals surface area contributed by atoms with Gasteiger partial charge in [-0.2, -0.15) is 0 Å². The van der Waals surface area contributed by atoms with Gasteiger partial charge in [-0.1, -0.05) is 5.73 Å². The van der Waals surface area contributed by atoms with Crippen molar-refractivity contribution < 1.29 is 4.79 Å². The van der Waals surface area contributed by atoms with E-state index in [0.717, 1.165) is 5.82 Å². The smallest absolute Gasteiger partial charge is 0.274 e. The fraction of sp³-hybridized carbons (Fsp3) is 0.308. The third-order valence-corrected chi connectivity index (χ3v) is 2.96. The predicted molar refractivity (Wildman–Crippen MR) is 72.2 cm³/mol. The molecule has 0 bridgehead atoms. The zero-order valence-electron chi connectivity index (χ0n) is 11.4. The third-order valence-electron chi connectivity index (χ3n) is 2.96. The van der Waals surface area contributed by atoms with Crippen LogP contribution in [-0.4, -0.2) is 39.5 Å². The number of nitrogens with zero attached hydrogens (tertiary/aromatic N) is 3. The number of rotatable bonds is 2. The van der Waals surface area contributed by atoms with Gasteiger partial charge in [-0.3, -0.25) is 19.4 Å². The second-order valence-electron chi connectivity index (χ2n) is 4.45. The summed E-state index contributed by atoms with van der Waals surface area (Å²) < 4.78 is 1.29. The number of ketones is 1. The number of aromatic nitrogens is 2. The first-order valence-corrected chi connectivity index (χ1v) is 5.82. The Labute approximate surface area is 110 Å². The first-order chi connectivity index (χ1) is 8.91. The molecule has 1 aromatic rings. The van der Waals surface area contributed by atoms with E-state index < -0.39 is 0 Å². The second-order valence-corrected chi connectivity index (χ2v) is 4.45. The van der Waals surface area contributed by atoms with Crippen LogP contribution in [0.15, 0.2) is 28.7 Å². The van der Waals surface area contributed by atoms with E-state index in [4.69, 9.17) is 0 Å². The van der Waals surface area contributed by atoms with Crippen molar-refractivity contribution >= 4 is 11.9 Å². The number of hydrogen-bond donors (Lipinski definition) is 1. The summed E-state index contributed by atoms with van der Waals surface area (Å²) in [5.74, 6) is 0.625. The van der Waals surface area contributed by atoms with Crippen molar-refractivity contribution in [1.82, 2.24) is 19.6 Å². The summed E-state index contributed by atoms with van der Waals surface area (Å²) in [6.07, 6.45) is 5.32. The SMILES string of the molecule is CC(=O)c1[nH]n(C)c(=O)c1C=C=C1N(C)C=CN1C. The fourth-order valence-corrected chi connectivity index (χ4v) is 1.90. The Kier molecular flexibility index (Phi) is 3.19. The van der Waals surface area contributed by atoms with Gasteiger partial charge >= 0.3 is 0 Å². The number of carbonyl (C=O) groups is 1. The molecule has 0 fully saturated rings. The highest BCUT2D eigenvalue weighted by atomic mass is 16.1. The summed E-state index contributed by atoms with van der Waals surface area (Å²) in [6, 6.07) is 0. The summed E-state index contributed by atoms with van der Waals surface area (Å²) in [5, 5.41) is 2.74. The van der Waals surface area contributed by atoms with Gasteiger partial charge in [0.15, 0.2) is 11.6 Å². The van der Waals surface area contributed by atoms with Crippen LogP contribution in [0, 0.1) is 0 Å². The van der Waals surface area contributed by atoms with E-state index in [9.17, 15) is 9.59 Å². The van der Waals surface area contributed by atoms with Gasteiger partial charge in [-0.05, 0) is 6.08 Å². The molecule has 0 amide bonds. The highest BCUT2D eigenvalue weighted by molar-refractivity contribution is 5.95. The van der Waals surface area contributed by atoms with Crippen molar-refractivity contribution in [2.75, 3.05) is 14.1 Å². The molecule has 2 heterocycles. The summed E-state index contributed by atoms with van der Waals surface area (Å²) >= 11 is 0. The van der Waals surface area contributed by atoms with Crippen molar-refractivity contribution in [2.24, 2.45) is 7.05 Å². The third kappa shape index (κ3) is 2.26. The molecule has 19 heavy (non-hydrogen) atoms. The highest BCUT2D eigenvalue weighted by Crippen LogP contribution is 2.14. The molecule has 100 valence electrons. The zero-order valence-corrected chi connectivity index (χ0v) is 11.4. The van der Waals surface area contributed by atoms with Crippen molar-refractivity contribution in [3.8, 4) is 0 Å². The largest absolute Gasteiger partial charge is 0.329 e. The van der Waals surface area contributed by atoms with Gasteiger partial charge < -0.3 is 9.80 Å². The lowest BCUT2D eigenvalue weighted by Crippen LogP contribution is -2.15. The van der Waals surface area contributed by atoms with Gasteiger partial charge in [0.2, 0.25) is 0 Å². The van der Waals surface area contributed by atoms with E-state index >= 15 is 0 Å². The van der Waals surface area contributed by atoms with Crippen LogP contribution in [0.3, 0.4) is 0 Å². The van der Waals surface area contributed by atoms with E-state index in [0.29, 0.717) is 11.3 Å². The number of hydrogen-bond acceptors (Lipinski definition) is 4. The predicted octanol–water partition coefficient (Wildman–Crippen LogP) is 0.718. The van der Waals surface area contributed by atoms with Crippen LogP contribution >= 0.6 is 0 Å². The number of H-pyrrole nitrogens is 1. The molecule has 1 aliphatic heterocycles. The summed E-state index contributed by atoms with van der Waals surface area (Å²) in [4.78, 5) is 27.2. The number of aryl methyl sites for hydroxylation is 1. The van der Waals surface area contributed by atoms with Crippen LogP contribution in [0.2, 0.25) is 0 Å². The Morgan fingerprint density at radius 3 is 2.37 bits per heavy atom. The van der Waals surface area contributed by atoms with E-state index in [2.05, 4.69) is 10.8 Å². The van der Waals surface area contributed by atoms with Crippen LogP contribution in [0.4, 0.5) is 0 Å². The Morgan fingerprint density at radius 2 is 1.84 bits per heavy atom. The van der Waals surface area contributed by atoms with Gasteiger partial charge in [0, 0.05) is 40.5 Å². The molecule has 0 aliphatic carbocycles. The van der Waals surface area contributed by atoms with Gasteiger partial charge in [-0.15, -0.1) is 0 Å². The van der Waals surface area contributed by atoms with Crippen LogP contribution in [-0.2, 0) is 7.05 Å². The number of Topliss-reactive ketones (excluding diaryl/α,β-unsaturated/α-hetero) is 1. The Hall–Kier alpha value is -2.46. The second kappa shape index (κ2) is 4.66. The minimum Gasteiger partial charge on any atom is -0.329 e. The molecule has 0 spiro atoms. The molecule has 6 nitrogen and oxygen atoms in total. The molecule has 1 N–H and O–H groups in total. The van der Waals surface area contributed by atoms with Gasteiger partial charge in [0.05, 0.1) is 5.56 Å². The van der Waals surface area contributed by atoms with Crippen molar-refractivity contribution in [3.63, 3.8) is 0 Å². The lowest BCUT2D eigenvalue weighted by Gasteiger charge is -2.14. The Morgan fingerprint density at radius 1 is 1.26 bits per heavy atom. The maximum Gasteiger partial charge on any atom is 0.274 e. The number of aromatic amines is 1. The molecule has 1 aliphatic rings. The lowest BCUT2D eigenvalue weighted by atomic mass is 10.2. The van der Waals surface area contributed by atoms with Gasteiger partial charge in [-0.25, -0.2) is 0 Å². The molecular formula is C13H16N4O2. The van der Waals surface area contributed by atoms with Crippen LogP contribution in [0.1, 0.15) is 23.0 Å². The van der Waals surface area contributed by atoms with E-state index in [1.807, 2.05) is 36.3 Å². The zero-order chi connectivity index (χ0) is 14.2. The quantitative estimate of drug-likeness (QED) is 0.628. The standard InChI is InChI=1S/C13H16N4O2/c1-9(18)12-10(13(19)17(4)14-12)5-6-11-15(2)7-8-16(11)3/h5,7-8,14H,1-4H3. The summed E-state index contributed by atoms with van der Waals surface area (Å²) in [7, 11) is 5.35. The fourth-order valence-electron chi connectivity index (χ4n) is 1.90. The van der Waals surface area contributed by atoms with Crippen LogP contribution in [0.25, 0.3) is 6.08 Å². The highest BCUT2D eigenvalue weighted by Gasteiger charge is 2.15. The van der Waals surface area contributed by atoms with Gasteiger partial charge in [0.25, 0.3) is 5.56 Å². The van der Waals surface area contributed by atoms with Crippen molar-refractivity contribution in [2.45, 2.75) is 6.92 Å². The molecule has 0 saturated carbocycles. The first kappa shape index (κ1) is 13.0. The lowest BCUT2D eigenvalue weighted by molar-refractivity contribution is 0.101. The Bertz CT molecular complexity index is 657. The normalized spacial score (nSPS) is 14.0. The van der Waals surface area contributed by atoms with E-state index in [-0.39, 0.29) is 11.3 Å². The number of carbonyl (C=O) groups excluding carboxylic acids is 1. The molecule has 0 aromatic carbocycles.